The van der Waals surface area contributed by atoms with Gasteiger partial charge in [0.2, 0.25) is 5.88 Å². The molecular formula is C19H20FN5O2S. The number of thiazole rings is 1. The molecule has 1 fully saturated rings. The van der Waals surface area contributed by atoms with Crippen LogP contribution >= 0.6 is 11.3 Å². The molecule has 0 bridgehead atoms. The summed E-state index contributed by atoms with van der Waals surface area (Å²) in [7, 11) is 0. The summed E-state index contributed by atoms with van der Waals surface area (Å²) in [6.45, 7) is 6.26. The van der Waals surface area contributed by atoms with Gasteiger partial charge in [-0.05, 0) is 38.1 Å². The number of hydrogen-bond acceptors (Lipinski definition) is 6. The zero-order valence-corrected chi connectivity index (χ0v) is 16.4. The minimum absolute atomic E-state index is 0.190. The van der Waals surface area contributed by atoms with Gasteiger partial charge in [-0.3, -0.25) is 5.32 Å². The summed E-state index contributed by atoms with van der Waals surface area (Å²) in [5, 5.41) is 9.51. The molecule has 0 spiro atoms. The van der Waals surface area contributed by atoms with Crippen LogP contribution in [0.25, 0.3) is 11.3 Å². The highest BCUT2D eigenvalue weighted by Crippen LogP contribution is 2.28. The molecule has 3 aromatic rings. The van der Waals surface area contributed by atoms with E-state index in [1.165, 1.54) is 12.1 Å². The number of urea groups is 1. The molecule has 0 saturated carbocycles. The van der Waals surface area contributed by atoms with Crippen LogP contribution in [0.4, 0.5) is 20.2 Å². The fourth-order valence-electron chi connectivity index (χ4n) is 2.97. The van der Waals surface area contributed by atoms with E-state index in [-0.39, 0.29) is 11.8 Å². The van der Waals surface area contributed by atoms with Gasteiger partial charge >= 0.3 is 6.03 Å². The van der Waals surface area contributed by atoms with Gasteiger partial charge in [-0.15, -0.1) is 11.3 Å². The molecule has 0 atom stereocenters. The largest absolute Gasteiger partial charge is 0.345 e. The molecule has 1 aliphatic heterocycles. The maximum Gasteiger partial charge on any atom is 0.324 e. The Morgan fingerprint density at radius 1 is 1.18 bits per heavy atom. The van der Waals surface area contributed by atoms with E-state index in [2.05, 4.69) is 20.4 Å². The standard InChI is InChI=1S/C19H20FN5O2S/c1-12-13(2)23-27-17(12)22-18(26)24-7-9-25(10-8-24)19-21-16(11-28-19)14-3-5-15(20)6-4-14/h3-6,11H,7-10H2,1-2H3,(H,22,26). The number of halogens is 1. The summed E-state index contributed by atoms with van der Waals surface area (Å²) < 4.78 is 18.2. The summed E-state index contributed by atoms with van der Waals surface area (Å²) in [6, 6.07) is 6.13. The van der Waals surface area contributed by atoms with E-state index in [9.17, 15) is 9.18 Å². The van der Waals surface area contributed by atoms with Gasteiger partial charge in [0.1, 0.15) is 5.82 Å². The topological polar surface area (TPSA) is 74.5 Å². The van der Waals surface area contributed by atoms with Crippen molar-refractivity contribution in [2.45, 2.75) is 13.8 Å². The Balaban J connectivity index is 1.36. The first-order chi connectivity index (χ1) is 13.5. The van der Waals surface area contributed by atoms with Crippen LogP contribution in [0.3, 0.4) is 0 Å². The minimum Gasteiger partial charge on any atom is -0.345 e. The van der Waals surface area contributed by atoms with Crippen LogP contribution in [0.5, 0.6) is 0 Å². The van der Waals surface area contributed by atoms with Gasteiger partial charge in [0.25, 0.3) is 0 Å². The summed E-state index contributed by atoms with van der Waals surface area (Å²) >= 11 is 1.55. The zero-order valence-electron chi connectivity index (χ0n) is 15.6. The van der Waals surface area contributed by atoms with Gasteiger partial charge in [-0.25, -0.2) is 14.2 Å². The lowest BCUT2D eigenvalue weighted by atomic mass is 10.2. The lowest BCUT2D eigenvalue weighted by Gasteiger charge is -2.34. The first kappa shape index (κ1) is 18.4. The lowest BCUT2D eigenvalue weighted by molar-refractivity contribution is 0.207. The molecule has 28 heavy (non-hydrogen) atoms. The Morgan fingerprint density at radius 2 is 1.89 bits per heavy atom. The third kappa shape index (κ3) is 3.70. The number of nitrogens with one attached hydrogen (secondary N) is 1. The molecule has 1 aliphatic rings. The molecule has 2 aromatic heterocycles. The predicted octanol–water partition coefficient (Wildman–Crippen LogP) is 3.91. The molecule has 1 aromatic carbocycles. The van der Waals surface area contributed by atoms with Crippen molar-refractivity contribution in [2.24, 2.45) is 0 Å². The third-order valence-corrected chi connectivity index (χ3v) is 5.75. The number of aromatic nitrogens is 2. The maximum atomic E-state index is 13.1. The van der Waals surface area contributed by atoms with Crippen LogP contribution in [-0.2, 0) is 0 Å². The highest BCUT2D eigenvalue weighted by Gasteiger charge is 2.24. The van der Waals surface area contributed by atoms with E-state index in [1.807, 2.05) is 19.2 Å². The highest BCUT2D eigenvalue weighted by atomic mass is 32.1. The average molecular weight is 401 g/mol. The molecule has 4 rings (SSSR count). The summed E-state index contributed by atoms with van der Waals surface area (Å²) in [5.41, 5.74) is 3.32. The number of rotatable bonds is 3. The van der Waals surface area contributed by atoms with E-state index in [1.54, 1.807) is 28.4 Å². The average Bonchev–Trinajstić information content (AvgIpc) is 3.32. The number of amides is 2. The van der Waals surface area contributed by atoms with Crippen LogP contribution in [0.2, 0.25) is 0 Å². The lowest BCUT2D eigenvalue weighted by Crippen LogP contribution is -2.50. The number of benzene rings is 1. The van der Waals surface area contributed by atoms with Crippen molar-refractivity contribution in [2.75, 3.05) is 36.4 Å². The van der Waals surface area contributed by atoms with Crippen molar-refractivity contribution in [1.82, 2.24) is 15.0 Å². The monoisotopic (exact) mass is 401 g/mol. The van der Waals surface area contributed by atoms with E-state index in [4.69, 9.17) is 4.52 Å². The van der Waals surface area contributed by atoms with Crippen LogP contribution in [-0.4, -0.2) is 47.3 Å². The highest BCUT2D eigenvalue weighted by molar-refractivity contribution is 7.14. The first-order valence-electron chi connectivity index (χ1n) is 8.96. The Hall–Kier alpha value is -2.94. The first-order valence-corrected chi connectivity index (χ1v) is 9.84. The number of hydrogen-bond donors (Lipinski definition) is 1. The molecule has 0 aliphatic carbocycles. The quantitative estimate of drug-likeness (QED) is 0.720. The normalized spacial score (nSPS) is 14.4. The molecule has 1 N–H and O–H groups in total. The van der Waals surface area contributed by atoms with Crippen LogP contribution in [0.1, 0.15) is 11.3 Å². The van der Waals surface area contributed by atoms with Crippen molar-refractivity contribution in [1.29, 1.82) is 0 Å². The second-order valence-electron chi connectivity index (χ2n) is 6.65. The molecule has 0 radical (unpaired) electrons. The maximum absolute atomic E-state index is 13.1. The van der Waals surface area contributed by atoms with Gasteiger partial charge in [-0.2, -0.15) is 0 Å². The summed E-state index contributed by atoms with van der Waals surface area (Å²) in [4.78, 5) is 21.0. The zero-order chi connectivity index (χ0) is 19.7. The van der Waals surface area contributed by atoms with Gasteiger partial charge in [0, 0.05) is 42.7 Å². The van der Waals surface area contributed by atoms with Crippen molar-refractivity contribution < 1.29 is 13.7 Å². The minimum atomic E-state index is -0.260. The smallest absolute Gasteiger partial charge is 0.324 e. The second-order valence-corrected chi connectivity index (χ2v) is 7.49. The van der Waals surface area contributed by atoms with E-state index in [0.717, 1.165) is 27.6 Å². The molecule has 1 saturated heterocycles. The molecular weight excluding hydrogens is 381 g/mol. The Morgan fingerprint density at radius 3 is 2.54 bits per heavy atom. The molecule has 2 amide bonds. The van der Waals surface area contributed by atoms with E-state index < -0.39 is 0 Å². The summed E-state index contributed by atoms with van der Waals surface area (Å²) in [5.74, 6) is 0.137. The Bertz CT molecular complexity index is 977. The molecule has 3 heterocycles. The van der Waals surface area contributed by atoms with Crippen LogP contribution < -0.4 is 10.2 Å². The Kier molecular flexibility index (Phi) is 4.99. The third-order valence-electron chi connectivity index (χ3n) is 4.85. The van der Waals surface area contributed by atoms with Crippen LogP contribution in [0, 0.1) is 19.7 Å². The number of anilines is 2. The fourth-order valence-corrected chi connectivity index (χ4v) is 3.86. The van der Waals surface area contributed by atoms with Crippen LogP contribution in [0.15, 0.2) is 34.2 Å². The molecule has 146 valence electrons. The number of carbonyl (C=O) groups is 1. The van der Waals surface area contributed by atoms with Gasteiger partial charge in [0.05, 0.1) is 11.4 Å². The van der Waals surface area contributed by atoms with Gasteiger partial charge in [-0.1, -0.05) is 5.16 Å². The Labute approximate surface area is 165 Å². The van der Waals surface area contributed by atoms with Crippen molar-refractivity contribution >= 4 is 28.4 Å². The number of carbonyl (C=O) groups excluding carboxylic acids is 1. The molecule has 0 unspecified atom stereocenters. The van der Waals surface area contributed by atoms with E-state index >= 15 is 0 Å². The fraction of sp³-hybridized carbons (Fsp3) is 0.316. The van der Waals surface area contributed by atoms with Crippen molar-refractivity contribution in [3.8, 4) is 11.3 Å². The molecule has 7 nitrogen and oxygen atoms in total. The van der Waals surface area contributed by atoms with E-state index in [0.29, 0.717) is 32.1 Å². The number of piperazine rings is 1. The predicted molar refractivity (Wildman–Crippen MR) is 106 cm³/mol. The van der Waals surface area contributed by atoms with Gasteiger partial charge < -0.3 is 14.3 Å². The summed E-state index contributed by atoms with van der Waals surface area (Å²) in [6.07, 6.45) is 0. The van der Waals surface area contributed by atoms with Crippen molar-refractivity contribution in [3.05, 3.63) is 46.7 Å². The molecule has 9 heteroatoms. The van der Waals surface area contributed by atoms with Crippen molar-refractivity contribution in [3.63, 3.8) is 0 Å². The number of aryl methyl sites for hydroxylation is 1. The second kappa shape index (κ2) is 7.59. The van der Waals surface area contributed by atoms with Gasteiger partial charge in [0.15, 0.2) is 5.13 Å². The SMILES string of the molecule is Cc1noc(NC(=O)N2CCN(c3nc(-c4ccc(F)cc4)cs3)CC2)c1C. The number of nitrogens with zero attached hydrogens (tertiary/aromatic N) is 4.